The minimum atomic E-state index is 0.178. The van der Waals surface area contributed by atoms with Gasteiger partial charge in [0.2, 0.25) is 5.88 Å². The molecule has 0 fully saturated rings. The Morgan fingerprint density at radius 2 is 2.00 bits per heavy atom. The molecular formula is C20H18ClN3O. The number of hydrogen-bond acceptors (Lipinski definition) is 3. The van der Waals surface area contributed by atoms with Gasteiger partial charge in [0.05, 0.1) is 22.1 Å². The van der Waals surface area contributed by atoms with Crippen molar-refractivity contribution in [1.82, 2.24) is 9.55 Å². The van der Waals surface area contributed by atoms with E-state index in [1.165, 1.54) is 0 Å². The number of nitrogen functional groups attached to an aromatic ring is 1. The Bertz CT molecular complexity index is 1100. The van der Waals surface area contributed by atoms with Gasteiger partial charge < -0.3 is 15.4 Å². The van der Waals surface area contributed by atoms with Crippen molar-refractivity contribution >= 4 is 39.1 Å². The number of nitrogens with two attached hydrogens (primary N) is 1. The first-order valence-electron chi connectivity index (χ1n) is 8.26. The number of rotatable bonds is 3. The average molecular weight is 352 g/mol. The van der Waals surface area contributed by atoms with Crippen LogP contribution in [0.3, 0.4) is 0 Å². The van der Waals surface area contributed by atoms with Crippen LogP contribution in [0.15, 0.2) is 48.7 Å². The maximum atomic E-state index is 10.5. The summed E-state index contributed by atoms with van der Waals surface area (Å²) in [4.78, 5) is 4.80. The molecule has 3 N–H and O–H groups in total. The van der Waals surface area contributed by atoms with Crippen LogP contribution in [0.25, 0.3) is 32.9 Å². The number of aromatic nitrogens is 2. The molecule has 0 atom stereocenters. The number of hydrogen-bond donors (Lipinski definition) is 2. The zero-order chi connectivity index (χ0) is 17.6. The molecule has 2 heterocycles. The van der Waals surface area contributed by atoms with E-state index in [-0.39, 0.29) is 5.88 Å². The smallest absolute Gasteiger partial charge is 0.202 e. The van der Waals surface area contributed by atoms with E-state index in [4.69, 9.17) is 22.3 Å². The highest BCUT2D eigenvalue weighted by Gasteiger charge is 2.17. The summed E-state index contributed by atoms with van der Waals surface area (Å²) in [6, 6.07) is 13.6. The second-order valence-corrected chi connectivity index (χ2v) is 6.58. The zero-order valence-corrected chi connectivity index (χ0v) is 14.6. The van der Waals surface area contributed by atoms with Crippen molar-refractivity contribution in [2.24, 2.45) is 0 Å². The summed E-state index contributed by atoms with van der Waals surface area (Å²) in [5, 5.41) is 12.6. The number of aromatic hydroxyl groups is 1. The minimum absolute atomic E-state index is 0.178. The van der Waals surface area contributed by atoms with E-state index in [9.17, 15) is 5.11 Å². The van der Waals surface area contributed by atoms with Gasteiger partial charge in [0.25, 0.3) is 0 Å². The zero-order valence-electron chi connectivity index (χ0n) is 13.8. The summed E-state index contributed by atoms with van der Waals surface area (Å²) in [5.74, 6) is 0.178. The number of fused-ring (bicyclic) bond motifs is 2. The molecule has 5 heteroatoms. The monoisotopic (exact) mass is 351 g/mol. The summed E-state index contributed by atoms with van der Waals surface area (Å²) < 4.78 is 1.80. The van der Waals surface area contributed by atoms with Crippen molar-refractivity contribution < 1.29 is 5.11 Å². The Balaban J connectivity index is 2.06. The second-order valence-electron chi connectivity index (χ2n) is 6.14. The van der Waals surface area contributed by atoms with Crippen LogP contribution in [-0.4, -0.2) is 14.7 Å². The maximum absolute atomic E-state index is 10.5. The predicted octanol–water partition coefficient (Wildman–Crippen LogP) is 5.21. The number of halogens is 1. The van der Waals surface area contributed by atoms with Crippen molar-refractivity contribution in [3.8, 4) is 17.0 Å². The van der Waals surface area contributed by atoms with Gasteiger partial charge in [-0.15, -0.1) is 0 Å². The number of anilines is 1. The molecule has 4 nitrogen and oxygen atoms in total. The molecule has 0 aliphatic rings. The lowest BCUT2D eigenvalue weighted by Crippen LogP contribution is -1.94. The fourth-order valence-corrected chi connectivity index (χ4v) is 3.50. The van der Waals surface area contributed by atoms with Gasteiger partial charge in [0.15, 0.2) is 0 Å². The van der Waals surface area contributed by atoms with Crippen LogP contribution in [0, 0.1) is 0 Å². The molecule has 0 bridgehead atoms. The van der Waals surface area contributed by atoms with Gasteiger partial charge in [-0.25, -0.2) is 4.98 Å². The topological polar surface area (TPSA) is 64.1 Å². The normalized spacial score (nSPS) is 11.4. The summed E-state index contributed by atoms with van der Waals surface area (Å²) in [6.07, 6.45) is 2.78. The maximum Gasteiger partial charge on any atom is 0.202 e. The molecule has 2 aromatic carbocycles. The Morgan fingerprint density at radius 3 is 2.76 bits per heavy atom. The van der Waals surface area contributed by atoms with Gasteiger partial charge in [-0.2, -0.15) is 0 Å². The molecule has 25 heavy (non-hydrogen) atoms. The first-order chi connectivity index (χ1) is 12.1. The third kappa shape index (κ3) is 2.50. The van der Waals surface area contributed by atoms with E-state index >= 15 is 0 Å². The van der Waals surface area contributed by atoms with E-state index in [1.54, 1.807) is 4.57 Å². The number of benzene rings is 2. The van der Waals surface area contributed by atoms with Gasteiger partial charge in [-0.05, 0) is 24.1 Å². The van der Waals surface area contributed by atoms with Gasteiger partial charge in [0, 0.05) is 28.7 Å². The van der Waals surface area contributed by atoms with E-state index in [0.717, 1.165) is 35.0 Å². The molecule has 2 aromatic heterocycles. The molecule has 4 rings (SSSR count). The highest BCUT2D eigenvalue weighted by Crippen LogP contribution is 2.39. The third-order valence-electron chi connectivity index (χ3n) is 4.46. The standard InChI is InChI=1S/C20H18ClN3O/c1-2-9-24-11-16-17(20(24)25)18(22)15-8-4-7-14(19(15)23-16)12-5-3-6-13(21)10-12/h3-8,10-11,25H,2,9,22H2,1H3. The fraction of sp³-hybridized carbons (Fsp3) is 0.150. The first-order valence-corrected chi connectivity index (χ1v) is 8.64. The summed E-state index contributed by atoms with van der Waals surface area (Å²) in [7, 11) is 0. The summed E-state index contributed by atoms with van der Waals surface area (Å²) in [5.41, 5.74) is 10.4. The molecule has 0 amide bonds. The van der Waals surface area contributed by atoms with Crippen molar-refractivity contribution in [3.63, 3.8) is 0 Å². The van der Waals surface area contributed by atoms with Crippen molar-refractivity contribution in [2.45, 2.75) is 19.9 Å². The van der Waals surface area contributed by atoms with Gasteiger partial charge in [-0.1, -0.05) is 48.9 Å². The van der Waals surface area contributed by atoms with Crippen LogP contribution in [0.2, 0.25) is 5.02 Å². The SMILES string of the molecule is CCCn1cc2nc3c(-c4cccc(Cl)c4)cccc3c(N)c2c1O. The van der Waals surface area contributed by atoms with Gasteiger partial charge >= 0.3 is 0 Å². The highest BCUT2D eigenvalue weighted by atomic mass is 35.5. The van der Waals surface area contributed by atoms with Crippen LogP contribution < -0.4 is 5.73 Å². The predicted molar refractivity (Wildman–Crippen MR) is 104 cm³/mol. The van der Waals surface area contributed by atoms with E-state index < -0.39 is 0 Å². The minimum Gasteiger partial charge on any atom is -0.494 e. The van der Waals surface area contributed by atoms with Gasteiger partial charge in [0.1, 0.15) is 0 Å². The summed E-state index contributed by atoms with van der Waals surface area (Å²) >= 11 is 6.15. The quantitative estimate of drug-likeness (QED) is 0.532. The number of pyridine rings is 1. The van der Waals surface area contributed by atoms with E-state index in [0.29, 0.717) is 21.6 Å². The first kappa shape index (κ1) is 15.8. The van der Waals surface area contributed by atoms with Crippen molar-refractivity contribution in [1.29, 1.82) is 0 Å². The molecule has 0 aliphatic carbocycles. The lowest BCUT2D eigenvalue weighted by Gasteiger charge is -2.09. The van der Waals surface area contributed by atoms with E-state index in [2.05, 4.69) is 6.92 Å². The summed E-state index contributed by atoms with van der Waals surface area (Å²) in [6.45, 7) is 2.79. The molecule has 0 radical (unpaired) electrons. The molecule has 0 saturated heterocycles. The Labute approximate surface area is 150 Å². The number of nitrogens with zero attached hydrogens (tertiary/aromatic N) is 2. The lowest BCUT2D eigenvalue weighted by atomic mass is 10.0. The van der Waals surface area contributed by atoms with Gasteiger partial charge in [-0.3, -0.25) is 0 Å². The van der Waals surface area contributed by atoms with Crippen LogP contribution in [0.1, 0.15) is 13.3 Å². The van der Waals surface area contributed by atoms with Crippen LogP contribution >= 0.6 is 11.6 Å². The third-order valence-corrected chi connectivity index (χ3v) is 4.69. The Kier molecular flexibility index (Phi) is 3.77. The molecule has 0 saturated carbocycles. The number of aryl methyl sites for hydroxylation is 1. The largest absolute Gasteiger partial charge is 0.494 e. The number of para-hydroxylation sites is 1. The Morgan fingerprint density at radius 1 is 1.20 bits per heavy atom. The second kappa shape index (κ2) is 5.97. The van der Waals surface area contributed by atoms with E-state index in [1.807, 2.05) is 48.7 Å². The molecular weight excluding hydrogens is 334 g/mol. The van der Waals surface area contributed by atoms with Crippen molar-refractivity contribution in [2.75, 3.05) is 5.73 Å². The van der Waals surface area contributed by atoms with Crippen LogP contribution in [0.5, 0.6) is 5.88 Å². The highest BCUT2D eigenvalue weighted by molar-refractivity contribution is 6.31. The molecule has 0 unspecified atom stereocenters. The Hall–Kier alpha value is -2.72. The molecule has 0 spiro atoms. The fourth-order valence-electron chi connectivity index (χ4n) is 3.31. The lowest BCUT2D eigenvalue weighted by molar-refractivity contribution is 0.421. The average Bonchev–Trinajstić information content (AvgIpc) is 2.91. The molecule has 0 aliphatic heterocycles. The molecule has 4 aromatic rings. The van der Waals surface area contributed by atoms with Crippen LogP contribution in [-0.2, 0) is 6.54 Å². The molecule has 126 valence electrons. The van der Waals surface area contributed by atoms with Crippen LogP contribution in [0.4, 0.5) is 5.69 Å². The van der Waals surface area contributed by atoms with Crippen molar-refractivity contribution in [3.05, 3.63) is 53.7 Å².